The first-order valence-corrected chi connectivity index (χ1v) is 9.72. The molecule has 0 bridgehead atoms. The number of anilines is 1. The molecular formula is C22H26N4O3. The Morgan fingerprint density at radius 3 is 2.24 bits per heavy atom. The summed E-state index contributed by atoms with van der Waals surface area (Å²) >= 11 is 0. The molecule has 2 N–H and O–H groups in total. The van der Waals surface area contributed by atoms with E-state index < -0.39 is 0 Å². The van der Waals surface area contributed by atoms with E-state index in [1.807, 2.05) is 54.3 Å². The lowest BCUT2D eigenvalue weighted by Crippen LogP contribution is -2.52. The van der Waals surface area contributed by atoms with Gasteiger partial charge in [-0.25, -0.2) is 0 Å². The molecule has 152 valence electrons. The fourth-order valence-corrected chi connectivity index (χ4v) is 3.27. The second-order valence-electron chi connectivity index (χ2n) is 7.07. The third-order valence-electron chi connectivity index (χ3n) is 4.94. The smallest absolute Gasteiger partial charge is 0.251 e. The summed E-state index contributed by atoms with van der Waals surface area (Å²) in [6.45, 7) is 4.46. The van der Waals surface area contributed by atoms with Crippen LogP contribution in [0.1, 0.15) is 15.9 Å². The maximum atomic E-state index is 12.4. The number of carbonyl (C=O) groups is 3. The first kappa shape index (κ1) is 20.5. The molecule has 0 unspecified atom stereocenters. The summed E-state index contributed by atoms with van der Waals surface area (Å²) in [7, 11) is 0. The van der Waals surface area contributed by atoms with Crippen molar-refractivity contribution in [2.24, 2.45) is 0 Å². The molecular weight excluding hydrogens is 368 g/mol. The molecule has 3 amide bonds. The number of carbonyl (C=O) groups excluding carboxylic acids is 3. The summed E-state index contributed by atoms with van der Waals surface area (Å²) in [6.07, 6.45) is 0. The summed E-state index contributed by atoms with van der Waals surface area (Å²) in [5.41, 5.74) is 2.23. The predicted molar refractivity (Wildman–Crippen MR) is 112 cm³/mol. The number of nitrogens with zero attached hydrogens (tertiary/aromatic N) is 2. The lowest BCUT2D eigenvalue weighted by molar-refractivity contribution is -0.132. The standard InChI is InChI=1S/C22H26N4O3/c1-17-7-5-6-10-19(17)22(29)23-15-21(28)26-13-11-25(12-14-26)16-20(27)24-18-8-3-2-4-9-18/h2-10H,11-16H2,1H3,(H,23,29)(H,24,27). The largest absolute Gasteiger partial charge is 0.343 e. The molecule has 3 rings (SSSR count). The Hall–Kier alpha value is -3.19. The lowest BCUT2D eigenvalue weighted by Gasteiger charge is -2.34. The molecule has 1 heterocycles. The molecule has 0 saturated carbocycles. The lowest BCUT2D eigenvalue weighted by atomic mass is 10.1. The average Bonchev–Trinajstić information content (AvgIpc) is 2.73. The van der Waals surface area contributed by atoms with Crippen LogP contribution in [0.4, 0.5) is 5.69 Å². The molecule has 2 aromatic rings. The summed E-state index contributed by atoms with van der Waals surface area (Å²) < 4.78 is 0. The van der Waals surface area contributed by atoms with Crippen molar-refractivity contribution < 1.29 is 14.4 Å². The molecule has 2 aromatic carbocycles. The van der Waals surface area contributed by atoms with Gasteiger partial charge in [0, 0.05) is 37.4 Å². The van der Waals surface area contributed by atoms with Crippen LogP contribution in [-0.4, -0.2) is 66.8 Å². The third kappa shape index (κ3) is 5.89. The van der Waals surface area contributed by atoms with Crippen molar-refractivity contribution >= 4 is 23.4 Å². The monoisotopic (exact) mass is 394 g/mol. The maximum Gasteiger partial charge on any atom is 0.251 e. The van der Waals surface area contributed by atoms with E-state index in [-0.39, 0.29) is 24.3 Å². The highest BCUT2D eigenvalue weighted by molar-refractivity contribution is 5.97. The van der Waals surface area contributed by atoms with Gasteiger partial charge in [0.05, 0.1) is 13.1 Å². The van der Waals surface area contributed by atoms with Crippen molar-refractivity contribution in [3.05, 3.63) is 65.7 Å². The number of aryl methyl sites for hydroxylation is 1. The Morgan fingerprint density at radius 2 is 1.55 bits per heavy atom. The van der Waals surface area contributed by atoms with Crippen molar-refractivity contribution in [3.63, 3.8) is 0 Å². The van der Waals surface area contributed by atoms with Gasteiger partial charge in [-0.1, -0.05) is 36.4 Å². The van der Waals surface area contributed by atoms with Gasteiger partial charge in [0.2, 0.25) is 11.8 Å². The summed E-state index contributed by atoms with van der Waals surface area (Å²) in [4.78, 5) is 40.5. The highest BCUT2D eigenvalue weighted by Crippen LogP contribution is 2.08. The van der Waals surface area contributed by atoms with Gasteiger partial charge < -0.3 is 15.5 Å². The molecule has 1 fully saturated rings. The first-order chi connectivity index (χ1) is 14.0. The van der Waals surface area contributed by atoms with Crippen molar-refractivity contribution in [1.29, 1.82) is 0 Å². The zero-order valence-electron chi connectivity index (χ0n) is 16.6. The second kappa shape index (κ2) is 9.84. The molecule has 0 radical (unpaired) electrons. The topological polar surface area (TPSA) is 81.8 Å². The van der Waals surface area contributed by atoms with E-state index in [1.54, 1.807) is 17.0 Å². The zero-order chi connectivity index (χ0) is 20.6. The van der Waals surface area contributed by atoms with Crippen LogP contribution in [0.15, 0.2) is 54.6 Å². The number of amides is 3. The van der Waals surface area contributed by atoms with Crippen molar-refractivity contribution in [2.45, 2.75) is 6.92 Å². The van der Waals surface area contributed by atoms with Crippen LogP contribution in [0.2, 0.25) is 0 Å². The van der Waals surface area contributed by atoms with Crippen LogP contribution < -0.4 is 10.6 Å². The van der Waals surface area contributed by atoms with Crippen LogP contribution in [0.3, 0.4) is 0 Å². The third-order valence-corrected chi connectivity index (χ3v) is 4.94. The fraction of sp³-hybridized carbons (Fsp3) is 0.318. The number of rotatable bonds is 6. The average molecular weight is 394 g/mol. The SMILES string of the molecule is Cc1ccccc1C(=O)NCC(=O)N1CCN(CC(=O)Nc2ccccc2)CC1. The van der Waals surface area contributed by atoms with E-state index in [1.165, 1.54) is 0 Å². The predicted octanol–water partition coefficient (Wildman–Crippen LogP) is 1.51. The quantitative estimate of drug-likeness (QED) is 0.778. The minimum absolute atomic E-state index is 0.0261. The van der Waals surface area contributed by atoms with Crippen molar-refractivity contribution in [1.82, 2.24) is 15.1 Å². The Labute approximate surface area is 170 Å². The number of piperazine rings is 1. The number of nitrogens with one attached hydrogen (secondary N) is 2. The van der Waals surface area contributed by atoms with Gasteiger partial charge in [0.1, 0.15) is 0 Å². The van der Waals surface area contributed by atoms with Gasteiger partial charge in [-0.3, -0.25) is 19.3 Å². The molecule has 29 heavy (non-hydrogen) atoms. The molecule has 0 aliphatic carbocycles. The molecule has 7 nitrogen and oxygen atoms in total. The normalized spacial score (nSPS) is 14.3. The van der Waals surface area contributed by atoms with Gasteiger partial charge in [0.25, 0.3) is 5.91 Å². The molecule has 1 saturated heterocycles. The Balaban J connectivity index is 1.39. The molecule has 7 heteroatoms. The van der Waals surface area contributed by atoms with Crippen LogP contribution in [0, 0.1) is 6.92 Å². The van der Waals surface area contributed by atoms with Crippen LogP contribution in [0.5, 0.6) is 0 Å². The Kier molecular flexibility index (Phi) is 6.97. The van der Waals surface area contributed by atoms with Gasteiger partial charge in [-0.15, -0.1) is 0 Å². The maximum absolute atomic E-state index is 12.4. The van der Waals surface area contributed by atoms with E-state index in [9.17, 15) is 14.4 Å². The second-order valence-corrected chi connectivity index (χ2v) is 7.07. The van der Waals surface area contributed by atoms with Gasteiger partial charge in [-0.05, 0) is 30.7 Å². The Morgan fingerprint density at radius 1 is 0.897 bits per heavy atom. The van der Waals surface area contributed by atoms with Gasteiger partial charge in [-0.2, -0.15) is 0 Å². The van der Waals surface area contributed by atoms with Gasteiger partial charge >= 0.3 is 0 Å². The molecule has 0 spiro atoms. The molecule has 0 atom stereocenters. The highest BCUT2D eigenvalue weighted by Gasteiger charge is 2.23. The van der Waals surface area contributed by atoms with Crippen molar-refractivity contribution in [3.8, 4) is 0 Å². The molecule has 1 aliphatic rings. The van der Waals surface area contributed by atoms with E-state index >= 15 is 0 Å². The van der Waals surface area contributed by atoms with Crippen LogP contribution in [-0.2, 0) is 9.59 Å². The number of hydrogen-bond acceptors (Lipinski definition) is 4. The summed E-state index contributed by atoms with van der Waals surface area (Å²) in [5, 5.41) is 5.57. The number of benzene rings is 2. The van der Waals surface area contributed by atoms with Gasteiger partial charge in [0.15, 0.2) is 0 Å². The van der Waals surface area contributed by atoms with Crippen LogP contribution in [0.25, 0.3) is 0 Å². The van der Waals surface area contributed by atoms with E-state index in [0.29, 0.717) is 38.3 Å². The van der Waals surface area contributed by atoms with E-state index in [2.05, 4.69) is 10.6 Å². The summed E-state index contributed by atoms with van der Waals surface area (Å²) in [5.74, 6) is -0.422. The molecule has 1 aliphatic heterocycles. The van der Waals surface area contributed by atoms with Crippen LogP contribution >= 0.6 is 0 Å². The number of hydrogen-bond donors (Lipinski definition) is 2. The number of para-hydroxylation sites is 1. The first-order valence-electron chi connectivity index (χ1n) is 9.72. The Bertz CT molecular complexity index is 861. The van der Waals surface area contributed by atoms with Crippen molar-refractivity contribution in [2.75, 3.05) is 44.6 Å². The van der Waals surface area contributed by atoms with E-state index in [4.69, 9.17) is 0 Å². The molecule has 0 aromatic heterocycles. The van der Waals surface area contributed by atoms with E-state index in [0.717, 1.165) is 11.3 Å². The fourth-order valence-electron chi connectivity index (χ4n) is 3.27. The summed E-state index contributed by atoms with van der Waals surface area (Å²) in [6, 6.07) is 16.6. The highest BCUT2D eigenvalue weighted by atomic mass is 16.2. The minimum atomic E-state index is -0.243. The zero-order valence-corrected chi connectivity index (χ0v) is 16.6. The minimum Gasteiger partial charge on any atom is -0.343 e.